The van der Waals surface area contributed by atoms with Crippen molar-refractivity contribution in [2.24, 2.45) is 0 Å². The Balaban J connectivity index is 1.39. The fraction of sp³-hybridized carbons (Fsp3) is 0.474. The number of benzene rings is 1. The number of rotatable bonds is 3. The maximum atomic E-state index is 12.9. The molecule has 148 valence electrons. The lowest BCUT2D eigenvalue weighted by Crippen LogP contribution is -2.52. The molecule has 1 amide bonds. The van der Waals surface area contributed by atoms with Gasteiger partial charge in [0.1, 0.15) is 0 Å². The summed E-state index contributed by atoms with van der Waals surface area (Å²) in [5.74, 6) is 0.895. The monoisotopic (exact) mass is 391 g/mol. The zero-order valence-electron chi connectivity index (χ0n) is 14.9. The van der Waals surface area contributed by atoms with E-state index in [1.54, 1.807) is 17.0 Å². The average Bonchev–Trinajstić information content (AvgIpc) is 3.39. The van der Waals surface area contributed by atoms with Crippen LogP contribution in [0.2, 0.25) is 0 Å². The van der Waals surface area contributed by atoms with E-state index in [0.29, 0.717) is 29.0 Å². The summed E-state index contributed by atoms with van der Waals surface area (Å²) in [4.78, 5) is 14.6. The van der Waals surface area contributed by atoms with Crippen molar-refractivity contribution in [3.8, 4) is 11.5 Å². The van der Waals surface area contributed by atoms with E-state index >= 15 is 0 Å². The molecule has 3 aliphatic rings. The van der Waals surface area contributed by atoms with Crippen LogP contribution in [0.25, 0.3) is 0 Å². The van der Waals surface area contributed by atoms with Crippen molar-refractivity contribution in [1.29, 1.82) is 0 Å². The second-order valence-corrected chi connectivity index (χ2v) is 7.56. The smallest absolute Gasteiger partial charge is 0.333 e. The molecule has 0 spiro atoms. The van der Waals surface area contributed by atoms with Crippen LogP contribution in [0.4, 0.5) is 8.78 Å². The van der Waals surface area contributed by atoms with Crippen molar-refractivity contribution in [3.63, 3.8) is 0 Å². The third kappa shape index (κ3) is 2.64. The number of carbonyl (C=O) groups is 1. The standard InChI is InChI=1S/C19H19F2N3O4/c20-18(21)23-6-5-14(22-23)17(25)24-12-2-3-13(24)9-19(26,8-12)11-1-4-15-16(7-11)28-10-27-15/h1,4-7,12-13,18,26H,2-3,8-10H2/t12-,13+,19?. The Morgan fingerprint density at radius 3 is 2.57 bits per heavy atom. The molecule has 2 fully saturated rings. The molecule has 9 heteroatoms. The minimum Gasteiger partial charge on any atom is -0.454 e. The molecule has 4 heterocycles. The molecule has 0 aliphatic carbocycles. The largest absolute Gasteiger partial charge is 0.454 e. The Morgan fingerprint density at radius 2 is 1.89 bits per heavy atom. The van der Waals surface area contributed by atoms with Gasteiger partial charge in [0.15, 0.2) is 17.2 Å². The zero-order chi connectivity index (χ0) is 19.5. The van der Waals surface area contributed by atoms with Crippen molar-refractivity contribution >= 4 is 5.91 Å². The molecule has 28 heavy (non-hydrogen) atoms. The molecule has 1 aromatic heterocycles. The third-order valence-electron chi connectivity index (χ3n) is 5.94. The summed E-state index contributed by atoms with van der Waals surface area (Å²) in [6.07, 6.45) is 3.39. The number of fused-ring (bicyclic) bond motifs is 3. The van der Waals surface area contributed by atoms with E-state index in [1.165, 1.54) is 6.07 Å². The van der Waals surface area contributed by atoms with Gasteiger partial charge in [-0.25, -0.2) is 4.68 Å². The highest BCUT2D eigenvalue weighted by molar-refractivity contribution is 5.93. The molecule has 3 atom stereocenters. The summed E-state index contributed by atoms with van der Waals surface area (Å²) in [7, 11) is 0. The van der Waals surface area contributed by atoms with Crippen LogP contribution in [0.5, 0.6) is 11.5 Å². The van der Waals surface area contributed by atoms with Gasteiger partial charge in [-0.1, -0.05) is 6.07 Å². The fourth-order valence-electron chi connectivity index (χ4n) is 4.67. The van der Waals surface area contributed by atoms with Crippen molar-refractivity contribution in [2.75, 3.05) is 6.79 Å². The van der Waals surface area contributed by atoms with Crippen LogP contribution in [0, 0.1) is 0 Å². The number of piperidine rings is 1. The summed E-state index contributed by atoms with van der Waals surface area (Å²) in [5, 5.41) is 15.0. The normalized spacial score (nSPS) is 28.2. The molecule has 7 nitrogen and oxygen atoms in total. The van der Waals surface area contributed by atoms with Crippen molar-refractivity contribution < 1.29 is 28.2 Å². The van der Waals surface area contributed by atoms with Crippen LogP contribution in [-0.4, -0.2) is 44.6 Å². The number of aromatic nitrogens is 2. The topological polar surface area (TPSA) is 76.8 Å². The maximum absolute atomic E-state index is 12.9. The number of aliphatic hydroxyl groups is 1. The van der Waals surface area contributed by atoms with Gasteiger partial charge in [0.2, 0.25) is 6.79 Å². The van der Waals surface area contributed by atoms with Gasteiger partial charge in [-0.3, -0.25) is 4.79 Å². The van der Waals surface area contributed by atoms with Gasteiger partial charge in [-0.05, 0) is 36.6 Å². The van der Waals surface area contributed by atoms with Gasteiger partial charge in [0.25, 0.3) is 5.91 Å². The summed E-state index contributed by atoms with van der Waals surface area (Å²) in [5.41, 5.74) is -0.334. The lowest BCUT2D eigenvalue weighted by Gasteiger charge is -2.44. The Kier molecular flexibility index (Phi) is 3.84. The fourth-order valence-corrected chi connectivity index (χ4v) is 4.67. The number of carbonyl (C=O) groups excluding carboxylic acids is 1. The van der Waals surface area contributed by atoms with Crippen LogP contribution in [0.1, 0.15) is 48.3 Å². The first-order valence-electron chi connectivity index (χ1n) is 9.23. The molecule has 2 saturated heterocycles. The lowest BCUT2D eigenvalue weighted by molar-refractivity contribution is -0.0481. The van der Waals surface area contributed by atoms with Crippen LogP contribution in [-0.2, 0) is 5.60 Å². The third-order valence-corrected chi connectivity index (χ3v) is 5.94. The summed E-state index contributed by atoms with van der Waals surface area (Å²) in [6.45, 7) is -2.62. The average molecular weight is 391 g/mol. The van der Waals surface area contributed by atoms with Crippen LogP contribution >= 0.6 is 0 Å². The van der Waals surface area contributed by atoms with Crippen molar-refractivity contribution in [3.05, 3.63) is 41.7 Å². The van der Waals surface area contributed by atoms with E-state index < -0.39 is 12.2 Å². The molecule has 3 aliphatic heterocycles. The molecule has 5 rings (SSSR count). The Bertz CT molecular complexity index is 918. The number of halogens is 2. The molecule has 0 saturated carbocycles. The van der Waals surface area contributed by atoms with Crippen LogP contribution in [0.15, 0.2) is 30.5 Å². The second-order valence-electron chi connectivity index (χ2n) is 7.56. The van der Waals surface area contributed by atoms with Gasteiger partial charge in [0.05, 0.1) is 5.60 Å². The summed E-state index contributed by atoms with van der Waals surface area (Å²) >= 11 is 0. The zero-order valence-corrected chi connectivity index (χ0v) is 14.9. The van der Waals surface area contributed by atoms with Gasteiger partial charge in [0, 0.05) is 31.1 Å². The predicted molar refractivity (Wildman–Crippen MR) is 92.2 cm³/mol. The van der Waals surface area contributed by atoms with E-state index in [0.717, 1.165) is 24.6 Å². The first-order valence-corrected chi connectivity index (χ1v) is 9.23. The first kappa shape index (κ1) is 17.4. The minimum atomic E-state index is -2.78. The number of ether oxygens (including phenoxy) is 2. The molecule has 2 bridgehead atoms. The Hall–Kier alpha value is -2.68. The van der Waals surface area contributed by atoms with Crippen molar-refractivity contribution in [1.82, 2.24) is 14.7 Å². The Labute approximate surface area is 159 Å². The van der Waals surface area contributed by atoms with Gasteiger partial charge in [-0.15, -0.1) is 0 Å². The highest BCUT2D eigenvalue weighted by atomic mass is 19.3. The quantitative estimate of drug-likeness (QED) is 0.871. The van der Waals surface area contributed by atoms with E-state index in [-0.39, 0.29) is 30.5 Å². The minimum absolute atomic E-state index is 0.00530. The van der Waals surface area contributed by atoms with E-state index in [2.05, 4.69) is 5.10 Å². The maximum Gasteiger partial charge on any atom is 0.333 e. The lowest BCUT2D eigenvalue weighted by atomic mass is 9.80. The SMILES string of the molecule is O=C(c1ccn(C(F)F)n1)N1[C@@H]2CC[C@H]1CC(O)(c1ccc3c(c1)OCO3)C2. The molecular weight excluding hydrogens is 372 g/mol. The molecule has 2 aromatic rings. The Morgan fingerprint density at radius 1 is 1.18 bits per heavy atom. The summed E-state index contributed by atoms with van der Waals surface area (Å²) in [6, 6.07) is 6.38. The van der Waals surface area contributed by atoms with E-state index in [4.69, 9.17) is 9.47 Å². The van der Waals surface area contributed by atoms with Gasteiger partial charge < -0.3 is 19.5 Å². The van der Waals surface area contributed by atoms with E-state index in [9.17, 15) is 18.7 Å². The highest BCUT2D eigenvalue weighted by Gasteiger charge is 2.50. The molecule has 1 N–H and O–H groups in total. The van der Waals surface area contributed by atoms with Gasteiger partial charge in [-0.2, -0.15) is 13.9 Å². The number of hydrogen-bond donors (Lipinski definition) is 1. The van der Waals surface area contributed by atoms with Crippen LogP contribution in [0.3, 0.4) is 0 Å². The first-order chi connectivity index (χ1) is 13.4. The van der Waals surface area contributed by atoms with Crippen LogP contribution < -0.4 is 9.47 Å². The van der Waals surface area contributed by atoms with Crippen molar-refractivity contribution in [2.45, 2.75) is 49.9 Å². The molecule has 1 aromatic carbocycles. The predicted octanol–water partition coefficient (Wildman–Crippen LogP) is 2.66. The molecular formula is C19H19F2N3O4. The van der Waals surface area contributed by atoms with E-state index in [1.807, 2.05) is 6.07 Å². The number of alkyl halides is 2. The van der Waals surface area contributed by atoms with Gasteiger partial charge >= 0.3 is 6.55 Å². The highest BCUT2D eigenvalue weighted by Crippen LogP contribution is 2.47. The number of amides is 1. The molecule has 1 unspecified atom stereocenters. The summed E-state index contributed by atoms with van der Waals surface area (Å²) < 4.78 is 36.7. The molecule has 0 radical (unpaired) electrons. The number of nitrogens with zero attached hydrogens (tertiary/aromatic N) is 3. The second kappa shape index (κ2) is 6.16. The number of hydrogen-bond acceptors (Lipinski definition) is 5.